The molecule has 0 aliphatic rings. The number of hydrogen-bond donors (Lipinski definition) is 0. The number of nitroso groups, excluding NO2 is 1. The molecule has 58 valence electrons. The van der Waals surface area contributed by atoms with Crippen LogP contribution in [-0.2, 0) is 0 Å². The molecule has 0 fully saturated rings. The molecule has 0 saturated heterocycles. The Morgan fingerprint density at radius 3 is 2.45 bits per heavy atom. The number of rotatable bonds is 1. The summed E-state index contributed by atoms with van der Waals surface area (Å²) in [6.07, 6.45) is 0. The van der Waals surface area contributed by atoms with Crippen LogP contribution in [0.25, 0.3) is 0 Å². The van der Waals surface area contributed by atoms with E-state index in [0.29, 0.717) is 10.7 Å². The third-order valence-corrected chi connectivity index (χ3v) is 1.78. The summed E-state index contributed by atoms with van der Waals surface area (Å²) in [6, 6.07) is 3.61. The van der Waals surface area contributed by atoms with Crippen LogP contribution in [0.1, 0.15) is 11.1 Å². The minimum absolute atomic E-state index is 0.345. The van der Waals surface area contributed by atoms with Crippen LogP contribution in [0.4, 0.5) is 5.69 Å². The number of hydrogen-bond acceptors (Lipinski definition) is 2. The van der Waals surface area contributed by atoms with E-state index in [9.17, 15) is 4.91 Å². The minimum atomic E-state index is 0.345. The molecule has 0 amide bonds. The minimum Gasteiger partial charge on any atom is -0.145 e. The van der Waals surface area contributed by atoms with Gasteiger partial charge in [0.25, 0.3) is 0 Å². The smallest absolute Gasteiger partial charge is 0.129 e. The molecule has 1 rings (SSSR count). The molecule has 1 aromatic rings. The van der Waals surface area contributed by atoms with E-state index in [-0.39, 0.29) is 0 Å². The summed E-state index contributed by atoms with van der Waals surface area (Å²) in [4.78, 5) is 10.2. The monoisotopic (exact) mass is 169 g/mol. The van der Waals surface area contributed by atoms with Gasteiger partial charge in [0.1, 0.15) is 5.69 Å². The van der Waals surface area contributed by atoms with Gasteiger partial charge in [0.05, 0.1) is 5.02 Å². The van der Waals surface area contributed by atoms with Crippen molar-refractivity contribution in [2.45, 2.75) is 13.8 Å². The number of aryl methyl sites for hydroxylation is 2. The van der Waals surface area contributed by atoms with Gasteiger partial charge >= 0.3 is 0 Å². The van der Waals surface area contributed by atoms with Crippen LogP contribution in [0.5, 0.6) is 0 Å². The molecule has 0 atom stereocenters. The third kappa shape index (κ3) is 1.57. The van der Waals surface area contributed by atoms with Gasteiger partial charge in [0, 0.05) is 0 Å². The summed E-state index contributed by atoms with van der Waals surface area (Å²) < 4.78 is 0. The van der Waals surface area contributed by atoms with E-state index in [2.05, 4.69) is 5.18 Å². The largest absolute Gasteiger partial charge is 0.145 e. The summed E-state index contributed by atoms with van der Waals surface area (Å²) in [5.74, 6) is 0. The molecule has 0 aliphatic heterocycles. The van der Waals surface area contributed by atoms with Crippen molar-refractivity contribution in [2.24, 2.45) is 5.18 Å². The predicted octanol–water partition coefficient (Wildman–Crippen LogP) is 3.35. The van der Waals surface area contributed by atoms with Crippen LogP contribution >= 0.6 is 11.6 Å². The Morgan fingerprint density at radius 1 is 1.36 bits per heavy atom. The Balaban J connectivity index is 3.36. The maximum Gasteiger partial charge on any atom is 0.129 e. The van der Waals surface area contributed by atoms with Gasteiger partial charge in [0.15, 0.2) is 0 Å². The van der Waals surface area contributed by atoms with Crippen LogP contribution in [0.3, 0.4) is 0 Å². The average molecular weight is 170 g/mol. The highest BCUT2D eigenvalue weighted by Crippen LogP contribution is 2.29. The van der Waals surface area contributed by atoms with Gasteiger partial charge < -0.3 is 0 Å². The van der Waals surface area contributed by atoms with Gasteiger partial charge in [-0.1, -0.05) is 17.7 Å². The second kappa shape index (κ2) is 3.01. The summed E-state index contributed by atoms with van der Waals surface area (Å²) in [5.41, 5.74) is 2.21. The van der Waals surface area contributed by atoms with Gasteiger partial charge in [0.2, 0.25) is 0 Å². The van der Waals surface area contributed by atoms with E-state index < -0.39 is 0 Å². The fourth-order valence-corrected chi connectivity index (χ4v) is 1.38. The molecule has 0 heterocycles. The van der Waals surface area contributed by atoms with Gasteiger partial charge in [-0.15, -0.1) is 4.91 Å². The average Bonchev–Trinajstić information content (AvgIpc) is 1.85. The number of nitrogens with zero attached hydrogens (tertiary/aromatic N) is 1. The van der Waals surface area contributed by atoms with Crippen LogP contribution in [0, 0.1) is 18.8 Å². The van der Waals surface area contributed by atoms with E-state index in [4.69, 9.17) is 11.6 Å². The fraction of sp³-hybridized carbons (Fsp3) is 0.250. The zero-order valence-corrected chi connectivity index (χ0v) is 7.14. The second-order valence-corrected chi connectivity index (χ2v) is 2.91. The highest BCUT2D eigenvalue weighted by Gasteiger charge is 2.03. The zero-order chi connectivity index (χ0) is 8.43. The summed E-state index contributed by atoms with van der Waals surface area (Å²) >= 11 is 5.74. The summed E-state index contributed by atoms with van der Waals surface area (Å²) in [6.45, 7) is 3.74. The van der Waals surface area contributed by atoms with Crippen molar-refractivity contribution in [1.82, 2.24) is 0 Å². The van der Waals surface area contributed by atoms with E-state index in [1.165, 1.54) is 0 Å². The third-order valence-electron chi connectivity index (χ3n) is 1.49. The first kappa shape index (κ1) is 8.21. The molecule has 0 spiro atoms. The highest BCUT2D eigenvalue weighted by atomic mass is 35.5. The van der Waals surface area contributed by atoms with E-state index in [1.807, 2.05) is 19.9 Å². The Hall–Kier alpha value is -0.890. The molecule has 0 aliphatic carbocycles. The van der Waals surface area contributed by atoms with E-state index >= 15 is 0 Å². The van der Waals surface area contributed by atoms with Gasteiger partial charge in [-0.3, -0.25) is 0 Å². The molecular formula is C8H8ClNO. The lowest BCUT2D eigenvalue weighted by molar-refractivity contribution is 1.34. The van der Waals surface area contributed by atoms with Gasteiger partial charge in [-0.05, 0) is 36.2 Å². The highest BCUT2D eigenvalue weighted by molar-refractivity contribution is 6.33. The SMILES string of the molecule is Cc1cc(C)c(N=O)c(Cl)c1. The maximum absolute atomic E-state index is 10.2. The molecular weight excluding hydrogens is 162 g/mol. The van der Waals surface area contributed by atoms with Crippen molar-refractivity contribution in [2.75, 3.05) is 0 Å². The number of benzene rings is 1. The maximum atomic E-state index is 10.2. The lowest BCUT2D eigenvalue weighted by Gasteiger charge is -2.00. The zero-order valence-electron chi connectivity index (χ0n) is 6.39. The predicted molar refractivity (Wildman–Crippen MR) is 46.4 cm³/mol. The first-order chi connectivity index (χ1) is 5.15. The molecule has 2 nitrogen and oxygen atoms in total. The van der Waals surface area contributed by atoms with Crippen molar-refractivity contribution in [3.63, 3.8) is 0 Å². The van der Waals surface area contributed by atoms with Crippen molar-refractivity contribution in [3.05, 3.63) is 33.2 Å². The van der Waals surface area contributed by atoms with Crippen molar-refractivity contribution in [1.29, 1.82) is 0 Å². The lowest BCUT2D eigenvalue weighted by Crippen LogP contribution is -1.78. The van der Waals surface area contributed by atoms with Crippen LogP contribution in [0.2, 0.25) is 5.02 Å². The fourth-order valence-electron chi connectivity index (χ4n) is 1.02. The quantitative estimate of drug-likeness (QED) is 0.593. The summed E-state index contributed by atoms with van der Waals surface area (Å²) in [7, 11) is 0. The topological polar surface area (TPSA) is 29.4 Å². The Morgan fingerprint density at radius 2 is 2.00 bits per heavy atom. The van der Waals surface area contributed by atoms with E-state index in [0.717, 1.165) is 11.1 Å². The Bertz CT molecular complexity index is 273. The molecule has 11 heavy (non-hydrogen) atoms. The lowest BCUT2D eigenvalue weighted by atomic mass is 10.1. The molecule has 1 aromatic carbocycles. The normalized spacial score (nSPS) is 9.73. The molecule has 0 radical (unpaired) electrons. The molecule has 3 heteroatoms. The van der Waals surface area contributed by atoms with Crippen LogP contribution < -0.4 is 0 Å². The second-order valence-electron chi connectivity index (χ2n) is 2.50. The molecule has 0 N–H and O–H groups in total. The van der Waals surface area contributed by atoms with E-state index in [1.54, 1.807) is 6.07 Å². The molecule has 0 saturated carbocycles. The summed E-state index contributed by atoms with van der Waals surface area (Å²) in [5, 5.41) is 3.26. The standard InChI is InChI=1S/C8H8ClNO/c1-5-3-6(2)8(10-11)7(9)4-5/h3-4H,1-2H3. The van der Waals surface area contributed by atoms with Crippen molar-refractivity contribution < 1.29 is 0 Å². The Labute approximate surface area is 70.2 Å². The van der Waals surface area contributed by atoms with Gasteiger partial charge in [-0.25, -0.2) is 0 Å². The van der Waals surface area contributed by atoms with Crippen LogP contribution in [0.15, 0.2) is 17.3 Å². The number of halogens is 1. The first-order valence-electron chi connectivity index (χ1n) is 3.25. The first-order valence-corrected chi connectivity index (χ1v) is 3.63. The van der Waals surface area contributed by atoms with Crippen molar-refractivity contribution in [3.8, 4) is 0 Å². The Kier molecular flexibility index (Phi) is 2.25. The van der Waals surface area contributed by atoms with Crippen LogP contribution in [-0.4, -0.2) is 0 Å². The molecule has 0 bridgehead atoms. The van der Waals surface area contributed by atoms with Gasteiger partial charge in [-0.2, -0.15) is 0 Å². The molecule has 0 unspecified atom stereocenters. The van der Waals surface area contributed by atoms with Crippen molar-refractivity contribution >= 4 is 17.3 Å². The molecule has 0 aromatic heterocycles.